The third kappa shape index (κ3) is 4.45. The number of hydrogen-bond donors (Lipinski definition) is 3. The van der Waals surface area contributed by atoms with E-state index in [1.54, 1.807) is 24.3 Å². The van der Waals surface area contributed by atoms with Crippen molar-refractivity contribution in [2.45, 2.75) is 6.92 Å². The number of fused-ring (bicyclic) bond motifs is 1. The molecule has 9 heteroatoms. The number of ether oxygens (including phenoxy) is 3. The van der Waals surface area contributed by atoms with E-state index in [4.69, 9.17) is 14.2 Å². The summed E-state index contributed by atoms with van der Waals surface area (Å²) >= 11 is 0. The van der Waals surface area contributed by atoms with Crippen molar-refractivity contribution in [2.24, 2.45) is 0 Å². The first-order valence-electron chi connectivity index (χ1n) is 9.71. The minimum atomic E-state index is -0.426. The fourth-order valence-corrected chi connectivity index (χ4v) is 3.25. The molecule has 0 atom stereocenters. The summed E-state index contributed by atoms with van der Waals surface area (Å²) in [5.74, 6) is 1.01. The summed E-state index contributed by atoms with van der Waals surface area (Å²) in [6.45, 7) is 2.67. The Morgan fingerprint density at radius 3 is 2.74 bits per heavy atom. The maximum atomic E-state index is 12.7. The summed E-state index contributed by atoms with van der Waals surface area (Å²) in [5.41, 5.74) is 3.08. The van der Waals surface area contributed by atoms with E-state index in [1.807, 2.05) is 19.1 Å². The molecule has 2 heterocycles. The topological polar surface area (TPSA) is 115 Å². The molecule has 0 spiro atoms. The Bertz CT molecular complexity index is 1120. The van der Waals surface area contributed by atoms with E-state index in [0.29, 0.717) is 47.4 Å². The molecule has 0 saturated carbocycles. The highest BCUT2D eigenvalue weighted by Gasteiger charge is 2.19. The first-order valence-corrected chi connectivity index (χ1v) is 9.71. The Hall–Kier alpha value is -4.01. The number of H-pyrrole nitrogens is 1. The van der Waals surface area contributed by atoms with E-state index in [9.17, 15) is 9.59 Å². The monoisotopic (exact) mass is 422 g/mol. The van der Waals surface area contributed by atoms with E-state index >= 15 is 0 Å². The second-order valence-electron chi connectivity index (χ2n) is 6.95. The lowest BCUT2D eigenvalue weighted by Gasteiger charge is -2.18. The molecule has 0 unspecified atom stereocenters. The van der Waals surface area contributed by atoms with Crippen molar-refractivity contribution in [3.05, 3.63) is 53.7 Å². The van der Waals surface area contributed by atoms with Crippen molar-refractivity contribution >= 4 is 17.5 Å². The zero-order valence-electron chi connectivity index (χ0n) is 17.2. The lowest BCUT2D eigenvalue weighted by atomic mass is 10.1. The van der Waals surface area contributed by atoms with Crippen molar-refractivity contribution in [3.8, 4) is 28.5 Å². The van der Waals surface area contributed by atoms with Gasteiger partial charge in [0.25, 0.3) is 5.91 Å². The second-order valence-corrected chi connectivity index (χ2v) is 6.95. The number of amides is 2. The van der Waals surface area contributed by atoms with Gasteiger partial charge < -0.3 is 24.8 Å². The van der Waals surface area contributed by atoms with Gasteiger partial charge in [-0.25, -0.2) is 0 Å². The summed E-state index contributed by atoms with van der Waals surface area (Å²) in [4.78, 5) is 25.0. The number of carbonyl (C=O) groups is 2. The van der Waals surface area contributed by atoms with Crippen molar-refractivity contribution in [2.75, 3.05) is 32.2 Å². The van der Waals surface area contributed by atoms with Gasteiger partial charge in [-0.15, -0.1) is 0 Å². The molecule has 1 aliphatic rings. The van der Waals surface area contributed by atoms with Crippen LogP contribution in [-0.2, 0) is 4.79 Å². The van der Waals surface area contributed by atoms with Crippen LogP contribution in [0.1, 0.15) is 15.9 Å². The van der Waals surface area contributed by atoms with Gasteiger partial charge in [-0.2, -0.15) is 5.10 Å². The van der Waals surface area contributed by atoms with Gasteiger partial charge in [0, 0.05) is 5.56 Å². The highest BCUT2D eigenvalue weighted by molar-refractivity contribution is 6.03. The van der Waals surface area contributed by atoms with Gasteiger partial charge in [-0.3, -0.25) is 14.7 Å². The number of carbonyl (C=O) groups excluding carboxylic acids is 2. The molecule has 4 rings (SSSR count). The summed E-state index contributed by atoms with van der Waals surface area (Å²) < 4.78 is 16.4. The quantitative estimate of drug-likeness (QED) is 0.562. The summed E-state index contributed by atoms with van der Waals surface area (Å²) in [6.07, 6.45) is 1.42. The smallest absolute Gasteiger partial charge is 0.255 e. The zero-order valence-corrected chi connectivity index (χ0v) is 17.2. The number of methoxy groups -OCH3 is 1. The third-order valence-corrected chi connectivity index (χ3v) is 4.75. The number of aromatic amines is 1. The fraction of sp³-hybridized carbons (Fsp3) is 0.227. The largest absolute Gasteiger partial charge is 0.495 e. The molecule has 3 aromatic rings. The average molecular weight is 422 g/mol. The summed E-state index contributed by atoms with van der Waals surface area (Å²) in [7, 11) is 1.53. The maximum Gasteiger partial charge on any atom is 0.255 e. The number of aryl methyl sites for hydroxylation is 1. The van der Waals surface area contributed by atoms with Gasteiger partial charge >= 0.3 is 0 Å². The number of nitrogens with one attached hydrogen (secondary N) is 3. The van der Waals surface area contributed by atoms with Gasteiger partial charge in [-0.1, -0.05) is 6.07 Å². The van der Waals surface area contributed by atoms with Gasteiger partial charge in [0.1, 0.15) is 19.0 Å². The van der Waals surface area contributed by atoms with E-state index in [2.05, 4.69) is 20.8 Å². The zero-order chi connectivity index (χ0) is 21.8. The number of anilines is 1. The number of hydrogen-bond acceptors (Lipinski definition) is 6. The van der Waals surface area contributed by atoms with Crippen LogP contribution in [0.25, 0.3) is 11.3 Å². The molecule has 0 bridgehead atoms. The normalized spacial score (nSPS) is 12.2. The Morgan fingerprint density at radius 1 is 1.13 bits per heavy atom. The number of nitrogens with zero attached hydrogens (tertiary/aromatic N) is 1. The van der Waals surface area contributed by atoms with Crippen molar-refractivity contribution in [3.63, 3.8) is 0 Å². The van der Waals surface area contributed by atoms with Gasteiger partial charge in [-0.05, 0) is 42.8 Å². The van der Waals surface area contributed by atoms with Crippen LogP contribution < -0.4 is 24.8 Å². The lowest BCUT2D eigenvalue weighted by molar-refractivity contribution is -0.115. The molecule has 31 heavy (non-hydrogen) atoms. The van der Waals surface area contributed by atoms with Crippen molar-refractivity contribution in [1.29, 1.82) is 0 Å². The molecular weight excluding hydrogens is 400 g/mol. The molecular formula is C22H22N4O5. The SMILES string of the molecule is COc1ccc(C)cc1NC(=O)CNC(=O)c1cn[nH]c1-c1ccc2c(c1)OCCO2. The Labute approximate surface area is 178 Å². The van der Waals surface area contributed by atoms with Crippen LogP contribution in [0, 0.1) is 6.92 Å². The van der Waals surface area contributed by atoms with E-state index in [1.165, 1.54) is 13.3 Å². The molecule has 1 aliphatic heterocycles. The molecule has 3 N–H and O–H groups in total. The minimum absolute atomic E-state index is 0.207. The van der Waals surface area contributed by atoms with E-state index < -0.39 is 5.91 Å². The summed E-state index contributed by atoms with van der Waals surface area (Å²) in [6, 6.07) is 10.8. The average Bonchev–Trinajstić information content (AvgIpc) is 3.27. The predicted molar refractivity (Wildman–Crippen MR) is 114 cm³/mol. The maximum absolute atomic E-state index is 12.7. The molecule has 0 fully saturated rings. The Balaban J connectivity index is 1.43. The Morgan fingerprint density at radius 2 is 1.94 bits per heavy atom. The first kappa shape index (κ1) is 20.3. The number of rotatable bonds is 6. The first-order chi connectivity index (χ1) is 15.0. The third-order valence-electron chi connectivity index (χ3n) is 4.75. The molecule has 160 valence electrons. The molecule has 0 aliphatic carbocycles. The van der Waals surface area contributed by atoms with Gasteiger partial charge in [0.2, 0.25) is 5.91 Å². The molecule has 0 saturated heterocycles. The fourth-order valence-electron chi connectivity index (χ4n) is 3.25. The van der Waals surface area contributed by atoms with E-state index in [-0.39, 0.29) is 12.5 Å². The number of benzene rings is 2. The van der Waals surface area contributed by atoms with Crippen LogP contribution in [0.15, 0.2) is 42.6 Å². The molecule has 0 radical (unpaired) electrons. The van der Waals surface area contributed by atoms with Crippen LogP contribution >= 0.6 is 0 Å². The molecule has 2 amide bonds. The lowest BCUT2D eigenvalue weighted by Crippen LogP contribution is -2.33. The van der Waals surface area contributed by atoms with Crippen LogP contribution in [0.2, 0.25) is 0 Å². The van der Waals surface area contributed by atoms with Crippen LogP contribution in [0.5, 0.6) is 17.2 Å². The van der Waals surface area contributed by atoms with Crippen LogP contribution in [-0.4, -0.2) is 48.9 Å². The Kier molecular flexibility index (Phi) is 5.74. The van der Waals surface area contributed by atoms with Crippen molar-refractivity contribution < 1.29 is 23.8 Å². The molecule has 1 aromatic heterocycles. The number of aromatic nitrogens is 2. The summed E-state index contributed by atoms with van der Waals surface area (Å²) in [5, 5.41) is 12.2. The van der Waals surface area contributed by atoms with Crippen LogP contribution in [0.3, 0.4) is 0 Å². The predicted octanol–water partition coefficient (Wildman–Crippen LogP) is 2.53. The highest BCUT2D eigenvalue weighted by atomic mass is 16.6. The van der Waals surface area contributed by atoms with Crippen LogP contribution in [0.4, 0.5) is 5.69 Å². The second kappa shape index (κ2) is 8.78. The van der Waals surface area contributed by atoms with Gasteiger partial charge in [0.15, 0.2) is 11.5 Å². The highest BCUT2D eigenvalue weighted by Crippen LogP contribution is 2.34. The molecule has 2 aromatic carbocycles. The standard InChI is InChI=1S/C22H22N4O5/c1-13-3-5-17(29-2)16(9-13)25-20(27)12-23-22(28)15-11-24-26-21(15)14-4-6-18-19(10-14)31-8-7-30-18/h3-6,9-11H,7-8,12H2,1-2H3,(H,23,28)(H,24,26)(H,25,27). The van der Waals surface area contributed by atoms with Gasteiger partial charge in [0.05, 0.1) is 36.8 Å². The minimum Gasteiger partial charge on any atom is -0.495 e. The van der Waals surface area contributed by atoms with E-state index in [0.717, 1.165) is 11.1 Å². The van der Waals surface area contributed by atoms with Crippen molar-refractivity contribution in [1.82, 2.24) is 15.5 Å². The molecule has 9 nitrogen and oxygen atoms in total.